The SMILES string of the molecule is Cc1ncsc1-c1ccc(C(CN2CCC(F)(F)CC2)NC(=O)C2CCCN2)cc1. The number of hydrogen-bond acceptors (Lipinski definition) is 5. The number of hydrogen-bond donors (Lipinski definition) is 2. The van der Waals surface area contributed by atoms with Gasteiger partial charge in [-0.3, -0.25) is 4.79 Å². The van der Waals surface area contributed by atoms with Crippen LogP contribution in [-0.4, -0.2) is 53.9 Å². The minimum atomic E-state index is -2.57. The highest BCUT2D eigenvalue weighted by Crippen LogP contribution is 2.30. The third kappa shape index (κ3) is 5.04. The van der Waals surface area contributed by atoms with E-state index >= 15 is 0 Å². The number of likely N-dealkylation sites (tertiary alicyclic amines) is 1. The molecule has 0 spiro atoms. The Kier molecular flexibility index (Phi) is 6.46. The first-order valence-electron chi connectivity index (χ1n) is 10.6. The second-order valence-electron chi connectivity index (χ2n) is 8.26. The van der Waals surface area contributed by atoms with Crippen LogP contribution >= 0.6 is 11.3 Å². The van der Waals surface area contributed by atoms with Gasteiger partial charge in [0.25, 0.3) is 5.92 Å². The molecule has 0 bridgehead atoms. The van der Waals surface area contributed by atoms with Crippen molar-refractivity contribution in [2.45, 2.75) is 50.6 Å². The number of alkyl halides is 2. The number of benzene rings is 1. The van der Waals surface area contributed by atoms with E-state index in [9.17, 15) is 13.6 Å². The summed E-state index contributed by atoms with van der Waals surface area (Å²) in [6.07, 6.45) is 1.58. The van der Waals surface area contributed by atoms with Crippen LogP contribution in [0.4, 0.5) is 8.78 Å². The maximum atomic E-state index is 13.6. The second kappa shape index (κ2) is 9.08. The van der Waals surface area contributed by atoms with E-state index in [-0.39, 0.29) is 30.8 Å². The summed E-state index contributed by atoms with van der Waals surface area (Å²) in [7, 11) is 0. The lowest BCUT2D eigenvalue weighted by molar-refractivity contribution is -0.123. The Morgan fingerprint density at radius 3 is 2.67 bits per heavy atom. The highest BCUT2D eigenvalue weighted by molar-refractivity contribution is 7.13. The van der Waals surface area contributed by atoms with Gasteiger partial charge < -0.3 is 15.5 Å². The van der Waals surface area contributed by atoms with Crippen LogP contribution in [0.2, 0.25) is 0 Å². The molecule has 1 amide bonds. The Bertz CT molecular complexity index is 854. The van der Waals surface area contributed by atoms with Gasteiger partial charge >= 0.3 is 0 Å². The molecular formula is C22H28F2N4OS. The molecule has 2 aromatic rings. The van der Waals surface area contributed by atoms with E-state index in [0.29, 0.717) is 19.6 Å². The van der Waals surface area contributed by atoms with Crippen LogP contribution in [0.1, 0.15) is 43.0 Å². The number of rotatable bonds is 6. The molecule has 2 atom stereocenters. The van der Waals surface area contributed by atoms with E-state index in [0.717, 1.165) is 41.1 Å². The average Bonchev–Trinajstić information content (AvgIpc) is 3.41. The van der Waals surface area contributed by atoms with E-state index in [4.69, 9.17) is 0 Å². The van der Waals surface area contributed by atoms with E-state index in [1.54, 1.807) is 11.3 Å². The number of piperidine rings is 1. The molecule has 0 radical (unpaired) electrons. The molecule has 2 N–H and O–H groups in total. The first-order chi connectivity index (χ1) is 14.4. The predicted octanol–water partition coefficient (Wildman–Crippen LogP) is 3.76. The highest BCUT2D eigenvalue weighted by Gasteiger charge is 2.35. The standard InChI is InChI=1S/C22H28F2N4OS/c1-15-20(30-14-26-15)17-6-4-16(5-7-17)19(27-21(29)18-3-2-10-25-18)13-28-11-8-22(23,24)9-12-28/h4-7,14,18-19,25H,2-3,8-13H2,1H3,(H,27,29). The fourth-order valence-corrected chi connectivity index (χ4v) is 4.99. The van der Waals surface area contributed by atoms with Crippen LogP contribution in [0.15, 0.2) is 29.8 Å². The minimum absolute atomic E-state index is 0.0118. The van der Waals surface area contributed by atoms with Crippen LogP contribution in [0.3, 0.4) is 0 Å². The van der Waals surface area contributed by atoms with Crippen molar-refractivity contribution in [1.82, 2.24) is 20.5 Å². The number of thiazole rings is 1. The monoisotopic (exact) mass is 434 g/mol. The lowest BCUT2D eigenvalue weighted by Gasteiger charge is -2.34. The van der Waals surface area contributed by atoms with Crippen LogP contribution < -0.4 is 10.6 Å². The molecule has 1 aromatic carbocycles. The molecule has 2 fully saturated rings. The van der Waals surface area contributed by atoms with Gasteiger partial charge in [0.15, 0.2) is 0 Å². The van der Waals surface area contributed by atoms with E-state index in [1.807, 2.05) is 41.6 Å². The number of aryl methyl sites for hydroxylation is 1. The molecule has 0 saturated carbocycles. The smallest absolute Gasteiger partial charge is 0.250 e. The molecule has 0 aliphatic carbocycles. The van der Waals surface area contributed by atoms with Crippen molar-refractivity contribution < 1.29 is 13.6 Å². The number of halogens is 2. The van der Waals surface area contributed by atoms with Gasteiger partial charge in [-0.2, -0.15) is 0 Å². The van der Waals surface area contributed by atoms with Crippen molar-refractivity contribution in [3.8, 4) is 10.4 Å². The summed E-state index contributed by atoms with van der Waals surface area (Å²) in [5.74, 6) is -2.58. The molecule has 8 heteroatoms. The fraction of sp³-hybridized carbons (Fsp3) is 0.545. The molecule has 2 unspecified atom stereocenters. The zero-order valence-electron chi connectivity index (χ0n) is 17.2. The third-order valence-electron chi connectivity index (χ3n) is 6.04. The van der Waals surface area contributed by atoms with Gasteiger partial charge in [0.1, 0.15) is 0 Å². The Labute approximate surface area is 179 Å². The van der Waals surface area contributed by atoms with Crippen molar-refractivity contribution in [1.29, 1.82) is 0 Å². The fourth-order valence-electron chi connectivity index (χ4n) is 4.18. The largest absolute Gasteiger partial charge is 0.347 e. The van der Waals surface area contributed by atoms with Gasteiger partial charge in [-0.05, 0) is 37.4 Å². The normalized spacial score (nSPS) is 22.7. The second-order valence-corrected chi connectivity index (χ2v) is 9.11. The molecular weight excluding hydrogens is 406 g/mol. The topological polar surface area (TPSA) is 57.3 Å². The lowest BCUT2D eigenvalue weighted by Crippen LogP contribution is -2.47. The van der Waals surface area contributed by atoms with E-state index < -0.39 is 5.92 Å². The average molecular weight is 435 g/mol. The molecule has 2 aliphatic heterocycles. The van der Waals surface area contributed by atoms with Gasteiger partial charge in [0.05, 0.1) is 28.2 Å². The highest BCUT2D eigenvalue weighted by atomic mass is 32.1. The summed E-state index contributed by atoms with van der Waals surface area (Å²) in [4.78, 5) is 20.2. The Morgan fingerprint density at radius 1 is 1.33 bits per heavy atom. The first kappa shape index (κ1) is 21.3. The van der Waals surface area contributed by atoms with Crippen LogP contribution in [0.5, 0.6) is 0 Å². The molecule has 2 aliphatic rings. The molecule has 2 saturated heterocycles. The zero-order valence-corrected chi connectivity index (χ0v) is 18.0. The predicted molar refractivity (Wildman–Crippen MR) is 115 cm³/mol. The number of amides is 1. The quantitative estimate of drug-likeness (QED) is 0.727. The third-order valence-corrected chi connectivity index (χ3v) is 7.02. The molecule has 162 valence electrons. The van der Waals surface area contributed by atoms with Gasteiger partial charge in [0, 0.05) is 32.5 Å². The lowest BCUT2D eigenvalue weighted by atomic mass is 10.0. The van der Waals surface area contributed by atoms with Crippen molar-refractivity contribution in [2.24, 2.45) is 0 Å². The summed E-state index contributed by atoms with van der Waals surface area (Å²) in [5.41, 5.74) is 4.92. The van der Waals surface area contributed by atoms with Crippen LogP contribution in [0.25, 0.3) is 10.4 Å². The Balaban J connectivity index is 1.50. The Hall–Kier alpha value is -1.90. The van der Waals surface area contributed by atoms with Crippen molar-refractivity contribution in [3.63, 3.8) is 0 Å². The minimum Gasteiger partial charge on any atom is -0.347 e. The molecule has 5 nitrogen and oxygen atoms in total. The van der Waals surface area contributed by atoms with Crippen molar-refractivity contribution in [2.75, 3.05) is 26.2 Å². The molecule has 30 heavy (non-hydrogen) atoms. The summed E-state index contributed by atoms with van der Waals surface area (Å²) < 4.78 is 27.1. The van der Waals surface area contributed by atoms with E-state index in [1.165, 1.54) is 0 Å². The molecule has 3 heterocycles. The maximum Gasteiger partial charge on any atom is 0.250 e. The van der Waals surface area contributed by atoms with Gasteiger partial charge in [0.2, 0.25) is 5.91 Å². The van der Waals surface area contributed by atoms with E-state index in [2.05, 4.69) is 15.6 Å². The zero-order chi connectivity index (χ0) is 21.1. The number of carbonyl (C=O) groups is 1. The Morgan fingerprint density at radius 2 is 2.07 bits per heavy atom. The summed E-state index contributed by atoms with van der Waals surface area (Å²) >= 11 is 1.60. The number of aromatic nitrogens is 1. The summed E-state index contributed by atoms with van der Waals surface area (Å²) in [5, 5.41) is 6.40. The van der Waals surface area contributed by atoms with Gasteiger partial charge in [-0.1, -0.05) is 24.3 Å². The molecule has 4 rings (SSSR count). The molecule has 1 aromatic heterocycles. The summed E-state index contributed by atoms with van der Waals surface area (Å²) in [6, 6.07) is 7.75. The summed E-state index contributed by atoms with van der Waals surface area (Å²) in [6.45, 7) is 4.07. The van der Waals surface area contributed by atoms with Crippen molar-refractivity contribution >= 4 is 17.2 Å². The van der Waals surface area contributed by atoms with Crippen LogP contribution in [-0.2, 0) is 4.79 Å². The van der Waals surface area contributed by atoms with Crippen molar-refractivity contribution in [3.05, 3.63) is 41.0 Å². The number of carbonyl (C=O) groups excluding carboxylic acids is 1. The van der Waals surface area contributed by atoms with Gasteiger partial charge in [-0.15, -0.1) is 11.3 Å². The van der Waals surface area contributed by atoms with Crippen LogP contribution in [0, 0.1) is 6.92 Å². The maximum absolute atomic E-state index is 13.6. The number of nitrogens with zero attached hydrogens (tertiary/aromatic N) is 2. The first-order valence-corrected chi connectivity index (χ1v) is 11.4. The number of nitrogens with one attached hydrogen (secondary N) is 2. The van der Waals surface area contributed by atoms with Gasteiger partial charge in [-0.25, -0.2) is 13.8 Å².